The number of rotatable bonds is 6. The lowest BCUT2D eigenvalue weighted by Gasteiger charge is -2.13. The van der Waals surface area contributed by atoms with Crippen LogP contribution in [0.15, 0.2) is 66.7 Å². The third-order valence-corrected chi connectivity index (χ3v) is 4.97. The number of carbonyl (C=O) groups excluding carboxylic acids is 1. The number of benzene rings is 3. The number of hydrogen-bond acceptors (Lipinski definition) is 4. The van der Waals surface area contributed by atoms with Gasteiger partial charge in [0, 0.05) is 5.69 Å². The van der Waals surface area contributed by atoms with E-state index in [1.165, 1.54) is 24.3 Å². The van der Waals surface area contributed by atoms with Gasteiger partial charge in [-0.3, -0.25) is 4.79 Å². The minimum atomic E-state index is -4.96. The zero-order valence-electron chi connectivity index (χ0n) is 18.1. The Balaban J connectivity index is 1.54. The molecule has 0 saturated carbocycles. The molecule has 6 nitrogen and oxygen atoms in total. The molecule has 0 aliphatic rings. The van der Waals surface area contributed by atoms with Crippen molar-refractivity contribution in [1.29, 1.82) is 0 Å². The van der Waals surface area contributed by atoms with Crippen molar-refractivity contribution in [2.45, 2.75) is 19.7 Å². The molecule has 0 saturated heterocycles. The van der Waals surface area contributed by atoms with Gasteiger partial charge in [0.15, 0.2) is 11.4 Å². The van der Waals surface area contributed by atoms with Crippen molar-refractivity contribution in [3.63, 3.8) is 0 Å². The van der Waals surface area contributed by atoms with Crippen LogP contribution in [0.3, 0.4) is 0 Å². The van der Waals surface area contributed by atoms with Gasteiger partial charge in [-0.1, -0.05) is 17.3 Å². The van der Waals surface area contributed by atoms with Gasteiger partial charge in [0.05, 0.1) is 5.69 Å². The summed E-state index contributed by atoms with van der Waals surface area (Å²) in [5.41, 5.74) is -1.08. The summed E-state index contributed by atoms with van der Waals surface area (Å²) in [5.74, 6) is -1.74. The Labute approximate surface area is 196 Å². The van der Waals surface area contributed by atoms with Gasteiger partial charge in [-0.15, -0.1) is 5.10 Å². The van der Waals surface area contributed by atoms with Gasteiger partial charge in [0.2, 0.25) is 0 Å². The molecule has 180 valence electrons. The van der Waals surface area contributed by atoms with Crippen molar-refractivity contribution in [2.75, 3.05) is 5.32 Å². The summed E-state index contributed by atoms with van der Waals surface area (Å²) in [4.78, 5) is 12.7. The molecular weight excluding hydrogens is 471 g/mol. The summed E-state index contributed by atoms with van der Waals surface area (Å²) >= 11 is 0. The quantitative estimate of drug-likeness (QED) is 0.354. The van der Waals surface area contributed by atoms with E-state index in [0.29, 0.717) is 21.6 Å². The number of aryl methyl sites for hydroxylation is 1. The topological polar surface area (TPSA) is 69.0 Å². The Bertz CT molecular complexity index is 1370. The summed E-state index contributed by atoms with van der Waals surface area (Å²) < 4.78 is 73.9. The molecule has 4 aromatic rings. The average Bonchev–Trinajstić information content (AvgIpc) is 3.26. The first-order chi connectivity index (χ1) is 16.6. The number of anilines is 1. The fraction of sp³-hybridized carbons (Fsp3) is 0.125. The second kappa shape index (κ2) is 9.53. The molecule has 0 atom stereocenters. The Hall–Kier alpha value is -4.28. The number of nitrogens with zero attached hydrogens (tertiary/aromatic N) is 3. The van der Waals surface area contributed by atoms with Crippen LogP contribution < -0.4 is 10.1 Å². The summed E-state index contributed by atoms with van der Waals surface area (Å²) in [5, 5.41) is 9.29. The Morgan fingerprint density at radius 2 is 1.74 bits per heavy atom. The Morgan fingerprint density at radius 3 is 2.40 bits per heavy atom. The number of alkyl halides is 3. The molecule has 4 rings (SSSR count). The van der Waals surface area contributed by atoms with Crippen LogP contribution in [0, 0.1) is 18.6 Å². The van der Waals surface area contributed by atoms with Crippen LogP contribution in [0.4, 0.5) is 27.6 Å². The molecular formula is C24H17F5N4O2. The highest BCUT2D eigenvalue weighted by atomic mass is 19.4. The lowest BCUT2D eigenvalue weighted by molar-refractivity contribution is -0.143. The fourth-order valence-electron chi connectivity index (χ4n) is 3.29. The van der Waals surface area contributed by atoms with Crippen molar-refractivity contribution in [1.82, 2.24) is 15.0 Å². The second-order valence-corrected chi connectivity index (χ2v) is 7.52. The highest BCUT2D eigenvalue weighted by Gasteiger charge is 2.42. The molecule has 3 aromatic carbocycles. The van der Waals surface area contributed by atoms with Gasteiger partial charge in [0.1, 0.15) is 24.0 Å². The molecule has 1 heterocycles. The summed E-state index contributed by atoms with van der Waals surface area (Å²) in [7, 11) is 0. The largest absolute Gasteiger partial charge is 0.489 e. The van der Waals surface area contributed by atoms with Gasteiger partial charge < -0.3 is 10.1 Å². The number of amides is 1. The van der Waals surface area contributed by atoms with Crippen LogP contribution in [-0.2, 0) is 12.8 Å². The highest BCUT2D eigenvalue weighted by Crippen LogP contribution is 2.33. The van der Waals surface area contributed by atoms with Crippen LogP contribution in [0.5, 0.6) is 5.75 Å². The molecule has 1 N–H and O–H groups in total. The van der Waals surface area contributed by atoms with E-state index in [1.54, 1.807) is 25.1 Å². The summed E-state index contributed by atoms with van der Waals surface area (Å²) in [6.07, 6.45) is -4.96. The van der Waals surface area contributed by atoms with Crippen LogP contribution in [-0.4, -0.2) is 20.9 Å². The van der Waals surface area contributed by atoms with Crippen LogP contribution in [0.1, 0.15) is 27.3 Å². The third-order valence-electron chi connectivity index (χ3n) is 4.97. The van der Waals surface area contributed by atoms with Crippen LogP contribution in [0.2, 0.25) is 0 Å². The summed E-state index contributed by atoms with van der Waals surface area (Å²) in [6.45, 7) is 1.73. The van der Waals surface area contributed by atoms with E-state index in [4.69, 9.17) is 4.74 Å². The standard InChI is InChI=1S/C24H17F5N4O2/c1-14-11-19(35-13-15-3-2-4-17(26)12-15)9-10-20(14)30-23(34)21-22(24(27,28)29)33(32-31-21)18-7-5-16(25)6-8-18/h2-12H,13H2,1H3,(H,30,34). The lowest BCUT2D eigenvalue weighted by Crippen LogP contribution is -2.21. The first kappa shape index (κ1) is 23.9. The van der Waals surface area contributed by atoms with E-state index in [1.807, 2.05) is 0 Å². The van der Waals surface area contributed by atoms with E-state index < -0.39 is 35.1 Å². The van der Waals surface area contributed by atoms with E-state index in [9.17, 15) is 26.7 Å². The number of halogens is 5. The minimum absolute atomic E-state index is 0.102. The monoisotopic (exact) mass is 488 g/mol. The number of hydrogen-bond donors (Lipinski definition) is 1. The molecule has 0 spiro atoms. The number of carbonyl (C=O) groups is 1. The normalized spacial score (nSPS) is 11.4. The number of nitrogens with one attached hydrogen (secondary N) is 1. The zero-order chi connectivity index (χ0) is 25.2. The van der Waals surface area contributed by atoms with Crippen LogP contribution >= 0.6 is 0 Å². The molecule has 0 bridgehead atoms. The minimum Gasteiger partial charge on any atom is -0.489 e. The molecule has 35 heavy (non-hydrogen) atoms. The van der Waals surface area contributed by atoms with Crippen molar-refractivity contribution >= 4 is 11.6 Å². The predicted molar refractivity (Wildman–Crippen MR) is 116 cm³/mol. The maximum atomic E-state index is 13.8. The van der Waals surface area contributed by atoms with Crippen molar-refractivity contribution in [3.8, 4) is 11.4 Å². The van der Waals surface area contributed by atoms with Gasteiger partial charge in [0.25, 0.3) is 5.91 Å². The highest BCUT2D eigenvalue weighted by molar-refractivity contribution is 6.04. The van der Waals surface area contributed by atoms with Crippen molar-refractivity contribution in [2.24, 2.45) is 0 Å². The average molecular weight is 488 g/mol. The number of aromatic nitrogens is 3. The first-order valence-corrected chi connectivity index (χ1v) is 10.2. The van der Waals surface area contributed by atoms with Crippen molar-refractivity contribution in [3.05, 3.63) is 101 Å². The van der Waals surface area contributed by atoms with E-state index >= 15 is 0 Å². The predicted octanol–water partition coefficient (Wildman–Crippen LogP) is 5.70. The van der Waals surface area contributed by atoms with E-state index in [-0.39, 0.29) is 18.0 Å². The Morgan fingerprint density at radius 1 is 1.00 bits per heavy atom. The van der Waals surface area contributed by atoms with E-state index in [0.717, 1.165) is 24.3 Å². The smallest absolute Gasteiger partial charge is 0.435 e. The lowest BCUT2D eigenvalue weighted by atomic mass is 10.1. The third kappa shape index (κ3) is 5.45. The second-order valence-electron chi connectivity index (χ2n) is 7.52. The molecule has 1 amide bonds. The molecule has 1 aromatic heterocycles. The molecule has 0 unspecified atom stereocenters. The fourth-order valence-corrected chi connectivity index (χ4v) is 3.29. The molecule has 0 aliphatic heterocycles. The first-order valence-electron chi connectivity index (χ1n) is 10.2. The van der Waals surface area contributed by atoms with Gasteiger partial charge in [-0.05, 0) is 72.6 Å². The summed E-state index contributed by atoms with van der Waals surface area (Å²) in [6, 6.07) is 14.6. The SMILES string of the molecule is Cc1cc(OCc2cccc(F)c2)ccc1NC(=O)c1nnn(-c2ccc(F)cc2)c1C(F)(F)F. The molecule has 0 fully saturated rings. The van der Waals surface area contributed by atoms with Crippen LogP contribution in [0.25, 0.3) is 5.69 Å². The molecule has 11 heteroatoms. The molecule has 0 radical (unpaired) electrons. The Kier molecular flexibility index (Phi) is 6.50. The maximum Gasteiger partial charge on any atom is 0.435 e. The van der Waals surface area contributed by atoms with Crippen molar-refractivity contribution < 1.29 is 31.5 Å². The van der Waals surface area contributed by atoms with E-state index in [2.05, 4.69) is 15.6 Å². The maximum absolute atomic E-state index is 13.8. The number of ether oxygens (including phenoxy) is 1. The van der Waals surface area contributed by atoms with Gasteiger partial charge in [-0.25, -0.2) is 13.5 Å². The van der Waals surface area contributed by atoms with Gasteiger partial charge in [-0.2, -0.15) is 13.2 Å². The molecule has 0 aliphatic carbocycles. The van der Waals surface area contributed by atoms with Gasteiger partial charge >= 0.3 is 6.18 Å². The zero-order valence-corrected chi connectivity index (χ0v) is 18.1.